The third-order valence-electron chi connectivity index (χ3n) is 4.44. The van der Waals surface area contributed by atoms with E-state index in [0.717, 1.165) is 43.0 Å². The van der Waals surface area contributed by atoms with Crippen molar-refractivity contribution in [3.8, 4) is 0 Å². The van der Waals surface area contributed by atoms with Crippen LogP contribution in [0.2, 0.25) is 0 Å². The lowest BCUT2D eigenvalue weighted by Crippen LogP contribution is -2.40. The maximum Gasteiger partial charge on any atom is 0.243 e. The molecule has 1 amide bonds. The number of nitrogens with two attached hydrogens (primary N) is 1. The van der Waals surface area contributed by atoms with Crippen LogP contribution in [0.25, 0.3) is 0 Å². The number of hydrazone groups is 1. The zero-order chi connectivity index (χ0) is 15.5. The Hall–Kier alpha value is -1.88. The number of nitrogens with zero attached hydrogens (tertiary/aromatic N) is 2. The van der Waals surface area contributed by atoms with Crippen molar-refractivity contribution in [2.45, 2.75) is 26.2 Å². The molecule has 1 fully saturated rings. The highest BCUT2D eigenvalue weighted by Gasteiger charge is 2.29. The summed E-state index contributed by atoms with van der Waals surface area (Å²) in [6, 6.07) is 7.72. The van der Waals surface area contributed by atoms with Crippen molar-refractivity contribution in [1.82, 2.24) is 5.01 Å². The number of rotatable bonds is 3. The lowest BCUT2D eigenvalue weighted by atomic mass is 9.93. The molecule has 0 aromatic heterocycles. The molecular weight excluding hydrogens is 278 g/mol. The molecule has 118 valence electrons. The van der Waals surface area contributed by atoms with Gasteiger partial charge in [0.25, 0.3) is 0 Å². The summed E-state index contributed by atoms with van der Waals surface area (Å²) in [5, 5.41) is 6.32. The Bertz CT molecular complexity index is 562. The Labute approximate surface area is 131 Å². The van der Waals surface area contributed by atoms with Gasteiger partial charge in [0.1, 0.15) is 0 Å². The number of amides is 1. The van der Waals surface area contributed by atoms with E-state index in [9.17, 15) is 4.79 Å². The van der Waals surface area contributed by atoms with Crippen LogP contribution in [-0.4, -0.2) is 36.4 Å². The van der Waals surface area contributed by atoms with Crippen LogP contribution in [0.1, 0.15) is 31.7 Å². The third kappa shape index (κ3) is 3.30. The Kier molecular flexibility index (Phi) is 4.43. The number of benzene rings is 1. The van der Waals surface area contributed by atoms with Gasteiger partial charge in [-0.1, -0.05) is 19.1 Å². The number of nitrogen functional groups attached to an aromatic ring is 1. The second-order valence-electron chi connectivity index (χ2n) is 6.24. The average Bonchev–Trinajstić information content (AvgIpc) is 2.52. The molecule has 1 saturated heterocycles. The van der Waals surface area contributed by atoms with Gasteiger partial charge in [-0.3, -0.25) is 4.79 Å². The first-order valence-corrected chi connectivity index (χ1v) is 7.96. The van der Waals surface area contributed by atoms with Crippen LogP contribution in [0, 0.1) is 11.8 Å². The Morgan fingerprint density at radius 3 is 2.64 bits per heavy atom. The van der Waals surface area contributed by atoms with E-state index in [4.69, 9.17) is 10.5 Å². The van der Waals surface area contributed by atoms with Gasteiger partial charge in [0.05, 0.1) is 5.71 Å². The van der Waals surface area contributed by atoms with Gasteiger partial charge < -0.3 is 10.5 Å². The lowest BCUT2D eigenvalue weighted by molar-refractivity contribution is -0.133. The van der Waals surface area contributed by atoms with E-state index >= 15 is 0 Å². The van der Waals surface area contributed by atoms with Crippen molar-refractivity contribution >= 4 is 17.3 Å². The minimum absolute atomic E-state index is 0.123. The van der Waals surface area contributed by atoms with Gasteiger partial charge in [-0.15, -0.1) is 0 Å². The highest BCUT2D eigenvalue weighted by atomic mass is 16.5. The molecule has 2 aliphatic rings. The van der Waals surface area contributed by atoms with E-state index in [2.05, 4.69) is 12.0 Å². The number of hydrogen-bond acceptors (Lipinski definition) is 4. The number of ether oxygens (including phenoxy) is 1. The van der Waals surface area contributed by atoms with Gasteiger partial charge in [0, 0.05) is 37.8 Å². The molecule has 2 N–H and O–H groups in total. The summed E-state index contributed by atoms with van der Waals surface area (Å²) in [7, 11) is 0. The van der Waals surface area contributed by atoms with Gasteiger partial charge >= 0.3 is 0 Å². The molecule has 1 unspecified atom stereocenters. The SMILES string of the molecule is CC1CC(=O)N(CC2CCOCC2)N=C1c1ccc(N)cc1. The molecule has 0 bridgehead atoms. The van der Waals surface area contributed by atoms with Crippen molar-refractivity contribution in [3.05, 3.63) is 29.8 Å². The summed E-state index contributed by atoms with van der Waals surface area (Å²) in [4.78, 5) is 12.3. The fraction of sp³-hybridized carbons (Fsp3) is 0.529. The molecule has 1 aromatic carbocycles. The maximum atomic E-state index is 12.3. The summed E-state index contributed by atoms with van der Waals surface area (Å²) in [5.74, 6) is 0.753. The second kappa shape index (κ2) is 6.48. The summed E-state index contributed by atoms with van der Waals surface area (Å²) >= 11 is 0. The van der Waals surface area contributed by atoms with E-state index in [-0.39, 0.29) is 11.8 Å². The fourth-order valence-electron chi connectivity index (χ4n) is 3.06. The maximum absolute atomic E-state index is 12.3. The van der Waals surface area contributed by atoms with Crippen LogP contribution in [0.3, 0.4) is 0 Å². The molecule has 1 aromatic rings. The zero-order valence-electron chi connectivity index (χ0n) is 13.0. The monoisotopic (exact) mass is 301 g/mol. The van der Waals surface area contributed by atoms with Crippen LogP contribution in [0.4, 0.5) is 5.69 Å². The van der Waals surface area contributed by atoms with Gasteiger partial charge in [-0.2, -0.15) is 5.10 Å². The van der Waals surface area contributed by atoms with Crippen molar-refractivity contribution in [1.29, 1.82) is 0 Å². The standard InChI is InChI=1S/C17H23N3O2/c1-12-10-16(21)20(11-13-6-8-22-9-7-13)19-17(12)14-2-4-15(18)5-3-14/h2-5,12-13H,6-11,18H2,1H3. The normalized spacial score (nSPS) is 23.5. The molecule has 5 heteroatoms. The fourth-order valence-corrected chi connectivity index (χ4v) is 3.06. The second-order valence-corrected chi connectivity index (χ2v) is 6.24. The summed E-state index contributed by atoms with van der Waals surface area (Å²) in [6.07, 6.45) is 2.53. The summed E-state index contributed by atoms with van der Waals surface area (Å²) < 4.78 is 5.38. The highest BCUT2D eigenvalue weighted by molar-refractivity contribution is 6.05. The number of anilines is 1. The highest BCUT2D eigenvalue weighted by Crippen LogP contribution is 2.24. The third-order valence-corrected chi connectivity index (χ3v) is 4.44. The molecule has 0 spiro atoms. The summed E-state index contributed by atoms with van der Waals surface area (Å²) in [6.45, 7) is 4.33. The first-order chi connectivity index (χ1) is 10.6. The Morgan fingerprint density at radius 2 is 1.95 bits per heavy atom. The quantitative estimate of drug-likeness (QED) is 0.871. The molecule has 3 rings (SSSR count). The smallest absolute Gasteiger partial charge is 0.243 e. The van der Waals surface area contributed by atoms with Crippen molar-refractivity contribution < 1.29 is 9.53 Å². The van der Waals surface area contributed by atoms with E-state index in [0.29, 0.717) is 18.9 Å². The number of carbonyl (C=O) groups is 1. The summed E-state index contributed by atoms with van der Waals surface area (Å²) in [5.41, 5.74) is 8.51. The molecule has 22 heavy (non-hydrogen) atoms. The van der Waals surface area contributed by atoms with Crippen molar-refractivity contribution in [2.24, 2.45) is 16.9 Å². The Balaban J connectivity index is 1.79. The largest absolute Gasteiger partial charge is 0.399 e. The molecule has 2 heterocycles. The molecule has 0 saturated carbocycles. The van der Waals surface area contributed by atoms with Crippen molar-refractivity contribution in [3.63, 3.8) is 0 Å². The number of carbonyl (C=O) groups excluding carboxylic acids is 1. The van der Waals surface area contributed by atoms with Crippen LogP contribution in [-0.2, 0) is 9.53 Å². The van der Waals surface area contributed by atoms with Crippen LogP contribution < -0.4 is 5.73 Å². The predicted octanol–water partition coefficient (Wildman–Crippen LogP) is 2.27. The molecule has 1 atom stereocenters. The lowest BCUT2D eigenvalue weighted by Gasteiger charge is -2.31. The molecule has 0 radical (unpaired) electrons. The van der Waals surface area contributed by atoms with E-state index in [1.807, 2.05) is 24.3 Å². The molecular formula is C17H23N3O2. The first kappa shape index (κ1) is 15.0. The van der Waals surface area contributed by atoms with Gasteiger partial charge in [0.15, 0.2) is 0 Å². The van der Waals surface area contributed by atoms with Gasteiger partial charge in [-0.05, 0) is 36.5 Å². The van der Waals surface area contributed by atoms with E-state index < -0.39 is 0 Å². The Morgan fingerprint density at radius 1 is 1.27 bits per heavy atom. The molecule has 5 nitrogen and oxygen atoms in total. The first-order valence-electron chi connectivity index (χ1n) is 7.96. The zero-order valence-corrected chi connectivity index (χ0v) is 13.0. The van der Waals surface area contributed by atoms with Gasteiger partial charge in [-0.25, -0.2) is 5.01 Å². The number of hydrogen-bond donors (Lipinski definition) is 1. The van der Waals surface area contributed by atoms with E-state index in [1.54, 1.807) is 5.01 Å². The van der Waals surface area contributed by atoms with Crippen molar-refractivity contribution in [2.75, 3.05) is 25.5 Å². The van der Waals surface area contributed by atoms with E-state index in [1.165, 1.54) is 0 Å². The van der Waals surface area contributed by atoms with Crippen LogP contribution >= 0.6 is 0 Å². The van der Waals surface area contributed by atoms with Gasteiger partial charge in [0.2, 0.25) is 5.91 Å². The van der Waals surface area contributed by atoms with Crippen LogP contribution in [0.5, 0.6) is 0 Å². The predicted molar refractivity (Wildman–Crippen MR) is 86.4 cm³/mol. The minimum atomic E-state index is 0.123. The minimum Gasteiger partial charge on any atom is -0.399 e. The topological polar surface area (TPSA) is 67.9 Å². The van der Waals surface area contributed by atoms with Crippen LogP contribution in [0.15, 0.2) is 29.4 Å². The molecule has 2 aliphatic heterocycles. The molecule has 0 aliphatic carbocycles. The average molecular weight is 301 g/mol.